The lowest BCUT2D eigenvalue weighted by atomic mass is 9.60. The van der Waals surface area contributed by atoms with E-state index in [-0.39, 0.29) is 11.7 Å². The van der Waals surface area contributed by atoms with Gasteiger partial charge in [-0.3, -0.25) is 5.43 Å². The molecule has 5 unspecified atom stereocenters. The van der Waals surface area contributed by atoms with Gasteiger partial charge in [0.25, 0.3) is 0 Å². The molecule has 2 aliphatic heterocycles. The predicted molar refractivity (Wildman–Crippen MR) is 86.7 cm³/mol. The number of ether oxygens (including phenoxy) is 1. The van der Waals surface area contributed by atoms with Crippen LogP contribution in [0, 0.1) is 17.8 Å². The topological polar surface area (TPSA) is 57.1 Å². The summed E-state index contributed by atoms with van der Waals surface area (Å²) < 4.78 is 46.2. The van der Waals surface area contributed by atoms with Crippen LogP contribution in [0.5, 0.6) is 5.75 Å². The van der Waals surface area contributed by atoms with Crippen molar-refractivity contribution in [2.45, 2.75) is 55.5 Å². The summed E-state index contributed by atoms with van der Waals surface area (Å²) in [6.07, 6.45) is -0.418. The van der Waals surface area contributed by atoms with Crippen molar-refractivity contribution in [3.8, 4) is 5.75 Å². The van der Waals surface area contributed by atoms with Crippen LogP contribution in [0.25, 0.3) is 0 Å². The van der Waals surface area contributed by atoms with Crippen LogP contribution in [0.1, 0.15) is 42.7 Å². The number of hydrogen-bond donors (Lipinski definition) is 2. The average molecular weight is 364 g/mol. The third-order valence-electron chi connectivity index (χ3n) is 7.61. The highest BCUT2D eigenvalue weighted by Crippen LogP contribution is 2.74. The molecule has 1 saturated heterocycles. The molecule has 4 nitrogen and oxygen atoms in total. The number of nitrogens with one attached hydrogen (secondary N) is 1. The highest BCUT2D eigenvalue weighted by molar-refractivity contribution is 5.95. The molecule has 0 radical (unpaired) electrons. The Morgan fingerprint density at radius 3 is 2.92 bits per heavy atom. The number of benzene rings is 1. The first kappa shape index (κ1) is 15.3. The van der Waals surface area contributed by atoms with Gasteiger partial charge < -0.3 is 9.84 Å². The zero-order valence-corrected chi connectivity index (χ0v) is 14.0. The first-order valence-corrected chi connectivity index (χ1v) is 9.30. The van der Waals surface area contributed by atoms with E-state index in [1.807, 2.05) is 12.1 Å². The van der Waals surface area contributed by atoms with Crippen molar-refractivity contribution in [1.82, 2.24) is 5.43 Å². The predicted octanol–water partition coefficient (Wildman–Crippen LogP) is 3.45. The highest BCUT2D eigenvalue weighted by Gasteiger charge is 2.86. The molecular weight excluding hydrogens is 345 g/mol. The minimum Gasteiger partial charge on any atom is -0.508 e. The van der Waals surface area contributed by atoms with Crippen LogP contribution in [0.15, 0.2) is 23.3 Å². The number of aryl methyl sites for hydroxylation is 1. The first-order valence-electron chi connectivity index (χ1n) is 9.30. The van der Waals surface area contributed by atoms with E-state index >= 15 is 0 Å². The Hall–Kier alpha value is -1.76. The van der Waals surface area contributed by atoms with Crippen LogP contribution in [-0.2, 0) is 11.2 Å². The van der Waals surface area contributed by atoms with Crippen LogP contribution in [-0.4, -0.2) is 28.3 Å². The molecule has 3 fully saturated rings. The summed E-state index contributed by atoms with van der Waals surface area (Å²) >= 11 is 0. The number of fused-ring (bicyclic) bond motifs is 4. The van der Waals surface area contributed by atoms with Crippen molar-refractivity contribution in [3.63, 3.8) is 0 Å². The number of phenols is 1. The molecule has 0 aromatic heterocycles. The van der Waals surface area contributed by atoms with Crippen LogP contribution >= 0.6 is 0 Å². The van der Waals surface area contributed by atoms with E-state index in [9.17, 15) is 18.3 Å². The molecule has 7 heteroatoms. The summed E-state index contributed by atoms with van der Waals surface area (Å²) in [5.74, 6) is 0.411. The van der Waals surface area contributed by atoms with Gasteiger partial charge in [0.2, 0.25) is 0 Å². The molecular formula is C19H19F3N2O2. The number of alkyl halides is 3. The Kier molecular flexibility index (Phi) is 2.58. The zero-order chi connectivity index (χ0) is 17.9. The van der Waals surface area contributed by atoms with Crippen LogP contribution in [0.2, 0.25) is 0 Å². The average Bonchev–Trinajstić information content (AvgIpc) is 2.92. The molecule has 0 amide bonds. The molecule has 0 bridgehead atoms. The van der Waals surface area contributed by atoms with E-state index in [4.69, 9.17) is 4.74 Å². The Bertz CT molecular complexity index is 854. The van der Waals surface area contributed by atoms with Crippen molar-refractivity contribution in [1.29, 1.82) is 0 Å². The number of aromatic hydroxyl groups is 1. The molecule has 6 rings (SSSR count). The third-order valence-corrected chi connectivity index (χ3v) is 7.61. The van der Waals surface area contributed by atoms with E-state index < -0.39 is 29.1 Å². The van der Waals surface area contributed by atoms with Gasteiger partial charge in [-0.25, -0.2) is 0 Å². The monoisotopic (exact) mass is 364 g/mol. The fraction of sp³-hybridized carbons (Fsp3) is 0.632. The van der Waals surface area contributed by atoms with Crippen molar-refractivity contribution in [2.75, 3.05) is 0 Å². The number of hydrazone groups is 1. The number of epoxide rings is 1. The number of nitrogens with zero attached hydrogens (tertiary/aromatic N) is 1. The second kappa shape index (κ2) is 4.38. The van der Waals surface area contributed by atoms with Crippen molar-refractivity contribution in [3.05, 3.63) is 29.3 Å². The minimum absolute atomic E-state index is 0.133. The molecule has 3 aliphatic carbocycles. The van der Waals surface area contributed by atoms with Gasteiger partial charge >= 0.3 is 6.18 Å². The van der Waals surface area contributed by atoms with E-state index in [0.29, 0.717) is 18.3 Å². The molecule has 2 N–H and O–H groups in total. The minimum atomic E-state index is -4.40. The molecule has 138 valence electrons. The Morgan fingerprint density at radius 1 is 1.27 bits per heavy atom. The second-order valence-corrected chi connectivity index (χ2v) is 8.46. The quantitative estimate of drug-likeness (QED) is 0.694. The first-order chi connectivity index (χ1) is 12.4. The van der Waals surface area contributed by atoms with Gasteiger partial charge in [-0.1, -0.05) is 6.07 Å². The molecule has 2 saturated carbocycles. The fourth-order valence-corrected chi connectivity index (χ4v) is 6.66. The second-order valence-electron chi connectivity index (χ2n) is 8.46. The van der Waals surface area contributed by atoms with Gasteiger partial charge in [0.05, 0.1) is 5.92 Å². The lowest BCUT2D eigenvalue weighted by Crippen LogP contribution is -2.44. The van der Waals surface area contributed by atoms with Crippen LogP contribution < -0.4 is 5.43 Å². The maximum atomic E-state index is 13.4. The summed E-state index contributed by atoms with van der Waals surface area (Å²) in [7, 11) is 0. The maximum Gasteiger partial charge on any atom is 0.431 e. The van der Waals surface area contributed by atoms with Crippen molar-refractivity contribution < 1.29 is 23.0 Å². The smallest absolute Gasteiger partial charge is 0.431 e. The van der Waals surface area contributed by atoms with Gasteiger partial charge in [0.1, 0.15) is 17.1 Å². The van der Waals surface area contributed by atoms with Crippen molar-refractivity contribution >= 4 is 5.71 Å². The van der Waals surface area contributed by atoms with E-state index in [1.165, 1.54) is 11.1 Å². The Morgan fingerprint density at radius 2 is 2.12 bits per heavy atom. The van der Waals surface area contributed by atoms with E-state index in [1.54, 1.807) is 6.07 Å². The number of rotatable bonds is 0. The summed E-state index contributed by atoms with van der Waals surface area (Å²) in [5.41, 5.74) is 3.11. The maximum absolute atomic E-state index is 13.4. The van der Waals surface area contributed by atoms with E-state index in [2.05, 4.69) is 10.5 Å². The van der Waals surface area contributed by atoms with Gasteiger partial charge in [0, 0.05) is 0 Å². The van der Waals surface area contributed by atoms with Crippen LogP contribution in [0.3, 0.4) is 0 Å². The summed E-state index contributed by atoms with van der Waals surface area (Å²) in [6.45, 7) is 0. The molecule has 6 atom stereocenters. The number of hydrogen-bond acceptors (Lipinski definition) is 4. The van der Waals surface area contributed by atoms with Gasteiger partial charge in [-0.2, -0.15) is 18.3 Å². The Labute approximate surface area is 148 Å². The zero-order valence-electron chi connectivity index (χ0n) is 14.0. The normalized spacial score (nSPS) is 44.8. The molecule has 2 spiro atoms. The summed E-state index contributed by atoms with van der Waals surface area (Å²) in [4.78, 5) is 0. The largest absolute Gasteiger partial charge is 0.508 e. The highest BCUT2D eigenvalue weighted by atomic mass is 19.4. The van der Waals surface area contributed by atoms with E-state index in [0.717, 1.165) is 25.7 Å². The summed E-state index contributed by atoms with van der Waals surface area (Å²) in [6, 6.07) is 5.56. The van der Waals surface area contributed by atoms with Crippen LogP contribution in [0.4, 0.5) is 13.2 Å². The Balaban J connectivity index is 1.37. The molecule has 26 heavy (non-hydrogen) atoms. The molecule has 5 aliphatic rings. The lowest BCUT2D eigenvalue weighted by Gasteiger charge is -2.44. The van der Waals surface area contributed by atoms with Gasteiger partial charge in [-0.05, 0) is 73.1 Å². The third kappa shape index (κ3) is 1.60. The number of phenolic OH excluding ortho intramolecular Hbond substituents is 1. The van der Waals surface area contributed by atoms with Gasteiger partial charge in [0.15, 0.2) is 5.72 Å². The molecule has 2 heterocycles. The number of halogens is 3. The standard InChI is InChI=1S/C19H19F3N2O2/c20-19(21,22)16-15-8-14-13-3-1-9-7-10(25)2-4-11(9)12(13)5-6-17(14)18(15,26-17)24-23-16/h2,4,7,12-15,24-25H,1,3,5-6,8H2/t12?,13?,14?,15?,17-,18?/m1/s1. The van der Waals surface area contributed by atoms with Gasteiger partial charge in [-0.15, -0.1) is 0 Å². The lowest BCUT2D eigenvalue weighted by molar-refractivity contribution is -0.0641. The fourth-order valence-electron chi connectivity index (χ4n) is 6.66. The molecule has 1 aromatic carbocycles. The molecule has 1 aromatic rings. The SMILES string of the molecule is Oc1ccc2c(c1)CCC1C2CC[C@]23OC24NN=C(C(F)(F)F)C4CC13. The summed E-state index contributed by atoms with van der Waals surface area (Å²) in [5, 5.41) is 13.4. The van der Waals surface area contributed by atoms with Crippen molar-refractivity contribution in [2.24, 2.45) is 22.9 Å².